The zero-order valence-electron chi connectivity index (χ0n) is 10.3. The Kier molecular flexibility index (Phi) is 4.63. The number of pyridine rings is 1. The topological polar surface area (TPSA) is 42.0 Å². The predicted octanol–water partition coefficient (Wildman–Crippen LogP) is 2.99. The van der Waals surface area contributed by atoms with Crippen molar-refractivity contribution in [2.24, 2.45) is 0 Å². The minimum absolute atomic E-state index is 0.169. The number of hydrogen-bond donors (Lipinski definition) is 1. The highest BCUT2D eigenvalue weighted by molar-refractivity contribution is 7.84. The SMILES string of the molecule is C[C@@H](N[S@@](=O)C(C)(C)C)c1ccnc(Cl)c1F. The van der Waals surface area contributed by atoms with Crippen LogP contribution in [0.1, 0.15) is 39.3 Å². The molecule has 96 valence electrons. The summed E-state index contributed by atoms with van der Waals surface area (Å²) in [5.41, 5.74) is 0.364. The van der Waals surface area contributed by atoms with Crippen LogP contribution in [0.5, 0.6) is 0 Å². The normalized spacial score (nSPS) is 15.6. The molecular formula is C11H16ClFN2OS. The van der Waals surface area contributed by atoms with Gasteiger partial charge in [0.1, 0.15) is 0 Å². The lowest BCUT2D eigenvalue weighted by molar-refractivity contribution is 0.568. The Balaban J connectivity index is 2.88. The fraction of sp³-hybridized carbons (Fsp3) is 0.545. The van der Waals surface area contributed by atoms with Gasteiger partial charge in [0.05, 0.1) is 15.7 Å². The minimum Gasteiger partial charge on any atom is -0.242 e. The molecule has 0 aliphatic heterocycles. The summed E-state index contributed by atoms with van der Waals surface area (Å²) in [6.07, 6.45) is 1.43. The van der Waals surface area contributed by atoms with E-state index in [0.717, 1.165) is 0 Å². The Morgan fingerprint density at radius 2 is 2.12 bits per heavy atom. The van der Waals surface area contributed by atoms with Crippen LogP contribution in [0.2, 0.25) is 5.15 Å². The summed E-state index contributed by atoms with van der Waals surface area (Å²) in [5.74, 6) is -0.569. The Morgan fingerprint density at radius 1 is 1.53 bits per heavy atom. The third-order valence-corrected chi connectivity index (χ3v) is 4.13. The van der Waals surface area contributed by atoms with Gasteiger partial charge in [0.15, 0.2) is 11.0 Å². The molecule has 1 aromatic rings. The maximum atomic E-state index is 13.7. The highest BCUT2D eigenvalue weighted by atomic mass is 35.5. The predicted molar refractivity (Wildman–Crippen MR) is 68.7 cm³/mol. The van der Waals surface area contributed by atoms with Crippen molar-refractivity contribution < 1.29 is 8.60 Å². The van der Waals surface area contributed by atoms with Crippen molar-refractivity contribution in [3.05, 3.63) is 28.8 Å². The summed E-state index contributed by atoms with van der Waals surface area (Å²) < 4.78 is 28.0. The van der Waals surface area contributed by atoms with Crippen molar-refractivity contribution in [1.29, 1.82) is 0 Å². The summed E-state index contributed by atoms with van der Waals surface area (Å²) in [6, 6.07) is 1.13. The average molecular weight is 279 g/mol. The second kappa shape index (κ2) is 5.42. The summed E-state index contributed by atoms with van der Waals surface area (Å²) in [5, 5.41) is -0.169. The first-order valence-electron chi connectivity index (χ1n) is 5.21. The molecule has 0 fully saturated rings. The third-order valence-electron chi connectivity index (χ3n) is 2.18. The van der Waals surface area contributed by atoms with E-state index in [9.17, 15) is 8.60 Å². The third kappa shape index (κ3) is 3.72. The Morgan fingerprint density at radius 3 is 2.65 bits per heavy atom. The summed E-state index contributed by atoms with van der Waals surface area (Å²) in [7, 11) is -1.26. The van der Waals surface area contributed by atoms with E-state index in [1.54, 1.807) is 6.92 Å². The quantitative estimate of drug-likeness (QED) is 0.864. The van der Waals surface area contributed by atoms with E-state index in [-0.39, 0.29) is 5.15 Å². The molecule has 0 spiro atoms. The van der Waals surface area contributed by atoms with Crippen LogP contribution < -0.4 is 4.72 Å². The Bertz CT molecular complexity index is 434. The molecule has 17 heavy (non-hydrogen) atoms. The fourth-order valence-corrected chi connectivity index (χ4v) is 2.13. The highest BCUT2D eigenvalue weighted by Crippen LogP contribution is 2.22. The number of aromatic nitrogens is 1. The molecule has 0 unspecified atom stereocenters. The monoisotopic (exact) mass is 278 g/mol. The molecule has 1 aromatic heterocycles. The van der Waals surface area contributed by atoms with Crippen LogP contribution in [0.15, 0.2) is 12.3 Å². The summed E-state index contributed by atoms with van der Waals surface area (Å²) in [6.45, 7) is 7.27. The molecule has 0 aliphatic rings. The molecule has 0 amide bonds. The van der Waals surface area contributed by atoms with Crippen molar-refractivity contribution >= 4 is 22.6 Å². The zero-order valence-corrected chi connectivity index (χ0v) is 11.8. The molecule has 0 aromatic carbocycles. The zero-order chi connectivity index (χ0) is 13.2. The van der Waals surface area contributed by atoms with Gasteiger partial charge in [0.2, 0.25) is 0 Å². The van der Waals surface area contributed by atoms with Gasteiger partial charge in [-0.15, -0.1) is 0 Å². The molecule has 1 N–H and O–H groups in total. The standard InChI is InChI=1S/C11H16ClFN2OS/c1-7(15-17(16)11(2,3)4)8-5-6-14-10(12)9(8)13/h5-7,15H,1-4H3/t7-,17+/m1/s1. The smallest absolute Gasteiger partial charge is 0.165 e. The minimum atomic E-state index is -1.26. The molecule has 0 bridgehead atoms. The first kappa shape index (κ1) is 14.5. The van der Waals surface area contributed by atoms with E-state index in [2.05, 4.69) is 9.71 Å². The van der Waals surface area contributed by atoms with Crippen molar-refractivity contribution in [2.45, 2.75) is 38.5 Å². The number of halogens is 2. The average Bonchev–Trinajstić information content (AvgIpc) is 2.20. The summed E-state index contributed by atoms with van der Waals surface area (Å²) >= 11 is 5.59. The maximum Gasteiger partial charge on any atom is 0.165 e. The van der Waals surface area contributed by atoms with Gasteiger partial charge in [-0.1, -0.05) is 11.6 Å². The van der Waals surface area contributed by atoms with E-state index in [0.29, 0.717) is 5.56 Å². The number of rotatable bonds is 3. The van der Waals surface area contributed by atoms with E-state index in [1.807, 2.05) is 20.8 Å². The van der Waals surface area contributed by atoms with Gasteiger partial charge in [-0.05, 0) is 33.8 Å². The van der Waals surface area contributed by atoms with E-state index < -0.39 is 27.6 Å². The fourth-order valence-electron chi connectivity index (χ4n) is 1.17. The molecule has 0 radical (unpaired) electrons. The lowest BCUT2D eigenvalue weighted by atomic mass is 10.1. The highest BCUT2D eigenvalue weighted by Gasteiger charge is 2.23. The Labute approximate surface area is 108 Å². The van der Waals surface area contributed by atoms with Crippen molar-refractivity contribution in [1.82, 2.24) is 9.71 Å². The van der Waals surface area contributed by atoms with Gasteiger partial charge in [0, 0.05) is 17.8 Å². The number of nitrogens with one attached hydrogen (secondary N) is 1. The van der Waals surface area contributed by atoms with Crippen LogP contribution in [0.3, 0.4) is 0 Å². The van der Waals surface area contributed by atoms with Crippen LogP contribution in [0.25, 0.3) is 0 Å². The number of hydrogen-bond acceptors (Lipinski definition) is 2. The van der Waals surface area contributed by atoms with Crippen LogP contribution in [-0.2, 0) is 11.0 Å². The van der Waals surface area contributed by atoms with Crippen LogP contribution in [-0.4, -0.2) is 13.9 Å². The summed E-state index contributed by atoms with van der Waals surface area (Å²) in [4.78, 5) is 3.64. The van der Waals surface area contributed by atoms with Gasteiger partial charge in [-0.3, -0.25) is 0 Å². The van der Waals surface area contributed by atoms with Gasteiger partial charge in [0.25, 0.3) is 0 Å². The molecule has 2 atom stereocenters. The second-order valence-electron chi connectivity index (χ2n) is 4.73. The largest absolute Gasteiger partial charge is 0.242 e. The van der Waals surface area contributed by atoms with Gasteiger partial charge < -0.3 is 0 Å². The molecule has 1 heterocycles. The molecule has 0 saturated carbocycles. The van der Waals surface area contributed by atoms with Crippen molar-refractivity contribution in [2.75, 3.05) is 0 Å². The van der Waals surface area contributed by atoms with Crippen molar-refractivity contribution in [3.63, 3.8) is 0 Å². The molecule has 0 aliphatic carbocycles. The second-order valence-corrected chi connectivity index (χ2v) is 7.08. The lowest BCUT2D eigenvalue weighted by Gasteiger charge is -2.22. The van der Waals surface area contributed by atoms with Gasteiger partial charge in [-0.2, -0.15) is 0 Å². The molecule has 6 heteroatoms. The molecule has 1 rings (SSSR count). The van der Waals surface area contributed by atoms with Crippen LogP contribution in [0.4, 0.5) is 4.39 Å². The van der Waals surface area contributed by atoms with E-state index >= 15 is 0 Å². The molecular weight excluding hydrogens is 263 g/mol. The lowest BCUT2D eigenvalue weighted by Crippen LogP contribution is -2.35. The Hall–Kier alpha value is -0.520. The van der Waals surface area contributed by atoms with Crippen LogP contribution in [0, 0.1) is 5.82 Å². The first-order chi connectivity index (χ1) is 7.73. The van der Waals surface area contributed by atoms with Crippen LogP contribution >= 0.6 is 11.6 Å². The first-order valence-corrected chi connectivity index (χ1v) is 6.74. The molecule has 3 nitrogen and oxygen atoms in total. The van der Waals surface area contributed by atoms with E-state index in [4.69, 9.17) is 11.6 Å². The van der Waals surface area contributed by atoms with E-state index in [1.165, 1.54) is 12.3 Å². The van der Waals surface area contributed by atoms with Crippen molar-refractivity contribution in [3.8, 4) is 0 Å². The molecule has 0 saturated heterocycles. The van der Waals surface area contributed by atoms with Gasteiger partial charge in [-0.25, -0.2) is 18.3 Å². The maximum absolute atomic E-state index is 13.7. The van der Waals surface area contributed by atoms with Gasteiger partial charge >= 0.3 is 0 Å². The number of nitrogens with zero attached hydrogens (tertiary/aromatic N) is 1.